The Bertz CT molecular complexity index is 296. The minimum atomic E-state index is 0.223. The van der Waals surface area contributed by atoms with Crippen molar-refractivity contribution >= 4 is 5.91 Å². The fraction of sp³-hybridized carbons (Fsp3) is 0.941. The molecule has 0 aromatic carbocycles. The van der Waals surface area contributed by atoms with Crippen molar-refractivity contribution in [2.75, 3.05) is 19.6 Å². The molecule has 1 rings (SSSR count). The van der Waals surface area contributed by atoms with Crippen LogP contribution in [0, 0.1) is 11.8 Å². The Morgan fingerprint density at radius 3 is 2.29 bits per heavy atom. The number of hydrogen-bond acceptors (Lipinski definition) is 3. The van der Waals surface area contributed by atoms with Gasteiger partial charge in [0, 0.05) is 31.6 Å². The Balaban J connectivity index is 2.25. The molecular formula is C17H35N3O. The maximum absolute atomic E-state index is 12.1. The second kappa shape index (κ2) is 9.42. The average molecular weight is 297 g/mol. The number of carbonyl (C=O) groups excluding carboxylic acids is 1. The average Bonchev–Trinajstić information content (AvgIpc) is 2.43. The molecule has 0 saturated carbocycles. The van der Waals surface area contributed by atoms with Crippen molar-refractivity contribution in [1.82, 2.24) is 10.2 Å². The second-order valence-corrected chi connectivity index (χ2v) is 7.09. The highest BCUT2D eigenvalue weighted by Gasteiger charge is 2.22. The lowest BCUT2D eigenvalue weighted by Crippen LogP contribution is -2.46. The van der Waals surface area contributed by atoms with Crippen LogP contribution in [0.2, 0.25) is 0 Å². The lowest BCUT2D eigenvalue weighted by Gasteiger charge is -2.35. The summed E-state index contributed by atoms with van der Waals surface area (Å²) in [6.07, 6.45) is 4.80. The van der Waals surface area contributed by atoms with Crippen molar-refractivity contribution in [3.05, 3.63) is 0 Å². The van der Waals surface area contributed by atoms with E-state index >= 15 is 0 Å². The van der Waals surface area contributed by atoms with Gasteiger partial charge in [-0.2, -0.15) is 0 Å². The van der Waals surface area contributed by atoms with Gasteiger partial charge in [-0.25, -0.2) is 0 Å². The second-order valence-electron chi connectivity index (χ2n) is 7.09. The largest absolute Gasteiger partial charge is 0.353 e. The Kier molecular flexibility index (Phi) is 8.27. The van der Waals surface area contributed by atoms with Crippen molar-refractivity contribution < 1.29 is 4.79 Å². The number of nitrogens with two attached hydrogens (primary N) is 1. The van der Waals surface area contributed by atoms with E-state index in [0.717, 1.165) is 45.3 Å². The third-order valence-electron chi connectivity index (χ3n) is 4.85. The third kappa shape index (κ3) is 6.79. The van der Waals surface area contributed by atoms with Crippen LogP contribution in [0.1, 0.15) is 59.8 Å². The maximum atomic E-state index is 12.1. The van der Waals surface area contributed by atoms with Gasteiger partial charge in [0.05, 0.1) is 0 Å². The first-order valence-corrected chi connectivity index (χ1v) is 8.67. The Morgan fingerprint density at radius 1 is 1.19 bits per heavy atom. The number of amides is 1. The molecule has 0 bridgehead atoms. The summed E-state index contributed by atoms with van der Waals surface area (Å²) in [5.41, 5.74) is 5.66. The number of likely N-dealkylation sites (tertiary alicyclic amines) is 1. The van der Waals surface area contributed by atoms with Crippen LogP contribution in [0.3, 0.4) is 0 Å². The molecule has 1 fully saturated rings. The smallest absolute Gasteiger partial charge is 0.220 e. The monoisotopic (exact) mass is 297 g/mol. The fourth-order valence-electron chi connectivity index (χ4n) is 3.20. The SMILES string of the molecule is CC(C)C(CCN)CCC(=O)NC1CCN(C(C)C)CC1. The van der Waals surface area contributed by atoms with E-state index in [1.807, 2.05) is 0 Å². The molecule has 21 heavy (non-hydrogen) atoms. The Labute approximate surface area is 130 Å². The fourth-order valence-corrected chi connectivity index (χ4v) is 3.20. The van der Waals surface area contributed by atoms with Gasteiger partial charge in [-0.05, 0) is 57.9 Å². The minimum Gasteiger partial charge on any atom is -0.353 e. The van der Waals surface area contributed by atoms with Crippen molar-refractivity contribution in [3.63, 3.8) is 0 Å². The molecule has 0 aromatic heterocycles. The van der Waals surface area contributed by atoms with Gasteiger partial charge in [0.25, 0.3) is 0 Å². The van der Waals surface area contributed by atoms with Gasteiger partial charge in [-0.1, -0.05) is 13.8 Å². The predicted molar refractivity (Wildman–Crippen MR) is 89.1 cm³/mol. The van der Waals surface area contributed by atoms with Crippen LogP contribution in [-0.2, 0) is 4.79 Å². The van der Waals surface area contributed by atoms with E-state index in [2.05, 4.69) is 37.9 Å². The molecule has 1 saturated heterocycles. The maximum Gasteiger partial charge on any atom is 0.220 e. The van der Waals surface area contributed by atoms with E-state index in [1.54, 1.807) is 0 Å². The summed E-state index contributed by atoms with van der Waals surface area (Å²) in [6, 6.07) is 0.990. The first-order valence-electron chi connectivity index (χ1n) is 8.67. The molecule has 1 amide bonds. The number of hydrogen-bond donors (Lipinski definition) is 2. The molecule has 3 N–H and O–H groups in total. The van der Waals surface area contributed by atoms with Crippen LogP contribution in [0.5, 0.6) is 0 Å². The number of carbonyl (C=O) groups is 1. The molecule has 4 nitrogen and oxygen atoms in total. The van der Waals surface area contributed by atoms with Crippen LogP contribution in [0.15, 0.2) is 0 Å². The van der Waals surface area contributed by atoms with Crippen LogP contribution in [-0.4, -0.2) is 42.5 Å². The molecule has 1 heterocycles. The number of rotatable bonds is 8. The minimum absolute atomic E-state index is 0.223. The van der Waals surface area contributed by atoms with Crippen LogP contribution in [0.25, 0.3) is 0 Å². The van der Waals surface area contributed by atoms with Gasteiger partial charge < -0.3 is 16.0 Å². The van der Waals surface area contributed by atoms with E-state index in [1.165, 1.54) is 0 Å². The lowest BCUT2D eigenvalue weighted by molar-refractivity contribution is -0.122. The van der Waals surface area contributed by atoms with Crippen molar-refractivity contribution in [2.45, 2.75) is 71.9 Å². The zero-order valence-corrected chi connectivity index (χ0v) is 14.4. The van der Waals surface area contributed by atoms with Gasteiger partial charge >= 0.3 is 0 Å². The molecule has 1 aliphatic heterocycles. The first kappa shape index (κ1) is 18.4. The summed E-state index contributed by atoms with van der Waals surface area (Å²) < 4.78 is 0. The van der Waals surface area contributed by atoms with Crippen LogP contribution < -0.4 is 11.1 Å². The number of nitrogens with one attached hydrogen (secondary N) is 1. The number of piperidine rings is 1. The molecule has 0 spiro atoms. The molecular weight excluding hydrogens is 262 g/mol. The van der Waals surface area contributed by atoms with Gasteiger partial charge in [-0.3, -0.25) is 4.79 Å². The third-order valence-corrected chi connectivity index (χ3v) is 4.85. The molecule has 4 heteroatoms. The Hall–Kier alpha value is -0.610. The highest BCUT2D eigenvalue weighted by molar-refractivity contribution is 5.76. The first-order chi connectivity index (χ1) is 9.93. The standard InChI is InChI=1S/C17H35N3O/c1-13(2)15(7-10-18)5-6-17(21)19-16-8-11-20(12-9-16)14(3)4/h13-16H,5-12,18H2,1-4H3,(H,19,21). The van der Waals surface area contributed by atoms with Gasteiger partial charge in [0.15, 0.2) is 0 Å². The highest BCUT2D eigenvalue weighted by atomic mass is 16.1. The van der Waals surface area contributed by atoms with Crippen molar-refractivity contribution in [1.29, 1.82) is 0 Å². The molecule has 124 valence electrons. The van der Waals surface area contributed by atoms with Crippen molar-refractivity contribution in [3.8, 4) is 0 Å². The van der Waals surface area contributed by atoms with Crippen molar-refractivity contribution in [2.24, 2.45) is 17.6 Å². The summed E-state index contributed by atoms with van der Waals surface area (Å²) in [4.78, 5) is 14.6. The van der Waals surface area contributed by atoms with Gasteiger partial charge in [-0.15, -0.1) is 0 Å². The summed E-state index contributed by atoms with van der Waals surface area (Å²) >= 11 is 0. The van der Waals surface area contributed by atoms with Crippen LogP contribution >= 0.6 is 0 Å². The molecule has 0 aromatic rings. The summed E-state index contributed by atoms with van der Waals surface area (Å²) in [7, 11) is 0. The molecule has 1 aliphatic rings. The van der Waals surface area contributed by atoms with Gasteiger partial charge in [0.2, 0.25) is 5.91 Å². The molecule has 0 radical (unpaired) electrons. The van der Waals surface area contributed by atoms with E-state index in [4.69, 9.17) is 5.73 Å². The highest BCUT2D eigenvalue weighted by Crippen LogP contribution is 2.20. The topological polar surface area (TPSA) is 58.4 Å². The normalized spacial score (nSPS) is 19.2. The van der Waals surface area contributed by atoms with E-state index < -0.39 is 0 Å². The lowest BCUT2D eigenvalue weighted by atomic mass is 9.88. The molecule has 1 atom stereocenters. The predicted octanol–water partition coefficient (Wildman–Crippen LogP) is 2.38. The van der Waals surface area contributed by atoms with E-state index in [9.17, 15) is 4.79 Å². The quantitative estimate of drug-likeness (QED) is 0.723. The summed E-state index contributed by atoms with van der Waals surface area (Å²) in [5.74, 6) is 1.40. The van der Waals surface area contributed by atoms with E-state index in [0.29, 0.717) is 30.3 Å². The Morgan fingerprint density at radius 2 is 1.81 bits per heavy atom. The summed E-state index contributed by atoms with van der Waals surface area (Å²) in [5, 5.41) is 3.22. The van der Waals surface area contributed by atoms with Gasteiger partial charge in [0.1, 0.15) is 0 Å². The molecule has 0 aliphatic carbocycles. The van der Waals surface area contributed by atoms with Crippen LogP contribution in [0.4, 0.5) is 0 Å². The molecule has 1 unspecified atom stereocenters. The van der Waals surface area contributed by atoms with E-state index in [-0.39, 0.29) is 5.91 Å². The summed E-state index contributed by atoms with van der Waals surface area (Å²) in [6.45, 7) is 11.8. The zero-order valence-electron chi connectivity index (χ0n) is 14.4. The number of nitrogens with zero attached hydrogens (tertiary/aromatic N) is 1. The zero-order chi connectivity index (χ0) is 15.8.